The molecule has 2 amide bonds. The number of halogens is 3. The van der Waals surface area contributed by atoms with E-state index >= 15 is 0 Å². The minimum Gasteiger partial charge on any atom is -0.335 e. The number of nitriles is 1. The highest BCUT2D eigenvalue weighted by atomic mass is 35.5. The van der Waals surface area contributed by atoms with Gasteiger partial charge in [-0.05, 0) is 23.8 Å². The predicted molar refractivity (Wildman–Crippen MR) is 109 cm³/mol. The summed E-state index contributed by atoms with van der Waals surface area (Å²) in [6.45, 7) is 0.755. The van der Waals surface area contributed by atoms with E-state index in [1.807, 2.05) is 6.07 Å². The molecule has 0 unspecified atom stereocenters. The van der Waals surface area contributed by atoms with Crippen LogP contribution in [-0.2, 0) is 9.59 Å². The van der Waals surface area contributed by atoms with E-state index < -0.39 is 11.9 Å². The first-order valence-corrected chi connectivity index (χ1v) is 9.75. The van der Waals surface area contributed by atoms with Crippen LogP contribution < -0.4 is 0 Å². The second-order valence-corrected chi connectivity index (χ2v) is 7.20. The van der Waals surface area contributed by atoms with Gasteiger partial charge in [0.15, 0.2) is 11.6 Å². The third-order valence-electron chi connectivity index (χ3n) is 4.63. The van der Waals surface area contributed by atoms with E-state index in [0.717, 1.165) is 17.9 Å². The highest BCUT2D eigenvalue weighted by molar-refractivity contribution is 6.31. The van der Waals surface area contributed by atoms with Crippen molar-refractivity contribution in [3.05, 3.63) is 58.6 Å². The zero-order valence-electron chi connectivity index (χ0n) is 15.6. The molecule has 0 saturated carbocycles. The molecule has 0 radical (unpaired) electrons. The highest BCUT2D eigenvalue weighted by Crippen LogP contribution is 2.31. The van der Waals surface area contributed by atoms with E-state index in [2.05, 4.69) is 9.97 Å². The Labute approximate surface area is 182 Å². The van der Waals surface area contributed by atoms with Crippen molar-refractivity contribution in [3.63, 3.8) is 0 Å². The van der Waals surface area contributed by atoms with Crippen molar-refractivity contribution in [2.75, 3.05) is 19.6 Å². The SMILES string of the molecule is N#CCC(=O)N1CCN(C(=O)/C=C\Cl)C[C@H]1c1cc(Cl)cc(-c2ncc(F)cn2)c1. The van der Waals surface area contributed by atoms with Gasteiger partial charge in [0.2, 0.25) is 11.8 Å². The largest absolute Gasteiger partial charge is 0.335 e. The van der Waals surface area contributed by atoms with Crippen LogP contribution in [0.4, 0.5) is 4.39 Å². The topological polar surface area (TPSA) is 90.2 Å². The summed E-state index contributed by atoms with van der Waals surface area (Å²) in [5.74, 6) is -0.930. The van der Waals surface area contributed by atoms with Crippen LogP contribution in [0, 0.1) is 17.1 Å². The molecule has 1 aliphatic rings. The van der Waals surface area contributed by atoms with E-state index in [-0.39, 0.29) is 37.1 Å². The van der Waals surface area contributed by atoms with Crippen LogP contribution in [0.1, 0.15) is 18.0 Å². The van der Waals surface area contributed by atoms with E-state index in [1.54, 1.807) is 28.0 Å². The Morgan fingerprint density at radius 3 is 2.67 bits per heavy atom. The number of rotatable bonds is 4. The van der Waals surface area contributed by atoms with Crippen molar-refractivity contribution in [2.45, 2.75) is 12.5 Å². The standard InChI is InChI=1S/C20H16Cl2FN5O2/c21-3-1-18(29)27-5-6-28(19(30)2-4-24)17(12-27)13-7-14(9-15(22)8-13)20-25-10-16(23)11-26-20/h1,3,7-11,17H,2,5-6,12H2/b3-1-/t17-/m0/s1. The maximum absolute atomic E-state index is 13.2. The van der Waals surface area contributed by atoms with E-state index in [1.165, 1.54) is 6.08 Å². The Balaban J connectivity index is 2.00. The van der Waals surface area contributed by atoms with Gasteiger partial charge in [-0.3, -0.25) is 9.59 Å². The first-order chi connectivity index (χ1) is 14.4. The fourth-order valence-electron chi connectivity index (χ4n) is 3.29. The van der Waals surface area contributed by atoms with Crippen LogP contribution in [0.5, 0.6) is 0 Å². The fraction of sp³-hybridized carbons (Fsp3) is 0.250. The lowest BCUT2D eigenvalue weighted by Gasteiger charge is -2.41. The molecule has 0 bridgehead atoms. The Kier molecular flexibility index (Phi) is 6.98. The number of hydrogen-bond donors (Lipinski definition) is 0. The molecule has 1 aliphatic heterocycles. The summed E-state index contributed by atoms with van der Waals surface area (Å²) in [6.07, 6.45) is 3.05. The minimum absolute atomic E-state index is 0.196. The molecule has 2 heterocycles. The molecule has 1 saturated heterocycles. The number of carbonyl (C=O) groups excluding carboxylic acids is 2. The number of amides is 2. The molecule has 1 aromatic heterocycles. The first-order valence-electron chi connectivity index (χ1n) is 8.93. The van der Waals surface area contributed by atoms with E-state index in [9.17, 15) is 14.0 Å². The number of benzene rings is 1. The molecule has 2 aromatic rings. The molecule has 7 nitrogen and oxygen atoms in total. The number of piperazine rings is 1. The van der Waals surface area contributed by atoms with Gasteiger partial charge >= 0.3 is 0 Å². The predicted octanol–water partition coefficient (Wildman–Crippen LogP) is 3.31. The Bertz CT molecular complexity index is 1020. The quantitative estimate of drug-likeness (QED) is 0.670. The molecule has 0 spiro atoms. The molecule has 3 rings (SSSR count). The molecule has 1 aromatic carbocycles. The lowest BCUT2D eigenvalue weighted by Crippen LogP contribution is -2.52. The van der Waals surface area contributed by atoms with Gasteiger partial charge in [-0.25, -0.2) is 14.4 Å². The third kappa shape index (κ3) is 4.93. The molecular formula is C20H16Cl2FN5O2. The number of carbonyl (C=O) groups is 2. The van der Waals surface area contributed by atoms with Crippen LogP contribution in [0.25, 0.3) is 11.4 Å². The normalized spacial score (nSPS) is 16.5. The number of nitrogens with zero attached hydrogens (tertiary/aromatic N) is 5. The summed E-state index contributed by atoms with van der Waals surface area (Å²) < 4.78 is 13.2. The summed E-state index contributed by atoms with van der Waals surface area (Å²) in [7, 11) is 0. The van der Waals surface area contributed by atoms with Crippen LogP contribution in [0.2, 0.25) is 5.02 Å². The summed E-state index contributed by atoms with van der Waals surface area (Å²) in [5.41, 5.74) is 2.31. The summed E-state index contributed by atoms with van der Waals surface area (Å²) >= 11 is 11.8. The first kappa shape index (κ1) is 21.7. The number of aromatic nitrogens is 2. The summed E-state index contributed by atoms with van der Waals surface area (Å²) in [4.78, 5) is 35.9. The summed E-state index contributed by atoms with van der Waals surface area (Å²) in [5, 5.41) is 9.31. The molecular weight excluding hydrogens is 432 g/mol. The van der Waals surface area contributed by atoms with Crippen molar-refractivity contribution < 1.29 is 14.0 Å². The van der Waals surface area contributed by atoms with Crippen molar-refractivity contribution in [1.29, 1.82) is 5.26 Å². The molecule has 0 N–H and O–H groups in total. The maximum atomic E-state index is 13.2. The molecule has 30 heavy (non-hydrogen) atoms. The van der Waals surface area contributed by atoms with Crippen molar-refractivity contribution in [2.24, 2.45) is 0 Å². The highest BCUT2D eigenvalue weighted by Gasteiger charge is 2.33. The van der Waals surface area contributed by atoms with Gasteiger partial charge in [0, 0.05) is 41.8 Å². The monoisotopic (exact) mass is 447 g/mol. The average Bonchev–Trinajstić information content (AvgIpc) is 2.73. The number of hydrogen-bond acceptors (Lipinski definition) is 5. The Morgan fingerprint density at radius 1 is 1.27 bits per heavy atom. The molecule has 154 valence electrons. The van der Waals surface area contributed by atoms with Crippen LogP contribution in [0.3, 0.4) is 0 Å². The lowest BCUT2D eigenvalue weighted by atomic mass is 9.99. The second kappa shape index (κ2) is 9.65. The lowest BCUT2D eigenvalue weighted by molar-refractivity contribution is -0.140. The van der Waals surface area contributed by atoms with Crippen molar-refractivity contribution in [3.8, 4) is 17.5 Å². The van der Waals surface area contributed by atoms with Gasteiger partial charge in [0.25, 0.3) is 0 Å². The molecule has 0 aliphatic carbocycles. The fourth-order valence-corrected chi connectivity index (χ4v) is 3.64. The smallest absolute Gasteiger partial charge is 0.247 e. The van der Waals surface area contributed by atoms with Crippen molar-refractivity contribution in [1.82, 2.24) is 19.8 Å². The Morgan fingerprint density at radius 2 is 2.00 bits per heavy atom. The van der Waals surface area contributed by atoms with Gasteiger partial charge in [-0.1, -0.05) is 23.2 Å². The maximum Gasteiger partial charge on any atom is 0.247 e. The van der Waals surface area contributed by atoms with Gasteiger partial charge in [-0.2, -0.15) is 5.26 Å². The summed E-state index contributed by atoms with van der Waals surface area (Å²) in [6, 6.07) is 6.37. The van der Waals surface area contributed by atoms with Crippen LogP contribution >= 0.6 is 23.2 Å². The minimum atomic E-state index is -0.567. The average molecular weight is 448 g/mol. The second-order valence-electron chi connectivity index (χ2n) is 6.51. The van der Waals surface area contributed by atoms with Gasteiger partial charge in [-0.15, -0.1) is 0 Å². The molecule has 10 heteroatoms. The zero-order valence-corrected chi connectivity index (χ0v) is 17.1. The van der Waals surface area contributed by atoms with E-state index in [4.69, 9.17) is 28.5 Å². The Hall–Kier alpha value is -3.02. The van der Waals surface area contributed by atoms with Crippen molar-refractivity contribution >= 4 is 35.0 Å². The molecule has 1 fully saturated rings. The van der Waals surface area contributed by atoms with Crippen LogP contribution in [0.15, 0.2) is 42.2 Å². The van der Waals surface area contributed by atoms with Gasteiger partial charge < -0.3 is 9.80 Å². The third-order valence-corrected chi connectivity index (χ3v) is 4.98. The van der Waals surface area contributed by atoms with Gasteiger partial charge in [0.1, 0.15) is 6.42 Å². The van der Waals surface area contributed by atoms with E-state index in [0.29, 0.717) is 22.7 Å². The zero-order chi connectivity index (χ0) is 21.7. The van der Waals surface area contributed by atoms with Gasteiger partial charge in [0.05, 0.1) is 24.5 Å². The molecule has 1 atom stereocenters. The van der Waals surface area contributed by atoms with Crippen LogP contribution in [-0.4, -0.2) is 51.2 Å².